The lowest BCUT2D eigenvalue weighted by Gasteiger charge is -2.38. The van der Waals surface area contributed by atoms with Gasteiger partial charge >= 0.3 is 6.03 Å². The first-order valence-electron chi connectivity index (χ1n) is 15.3. The largest absolute Gasteiger partial charge is 0.485 e. The van der Waals surface area contributed by atoms with Crippen molar-refractivity contribution in [2.45, 2.75) is 64.1 Å². The molecule has 2 aliphatic rings. The van der Waals surface area contributed by atoms with Crippen LogP contribution in [-0.2, 0) is 0 Å². The molecule has 1 saturated carbocycles. The molecule has 1 aliphatic heterocycles. The van der Waals surface area contributed by atoms with Gasteiger partial charge in [0.05, 0.1) is 30.4 Å². The minimum Gasteiger partial charge on any atom is -0.485 e. The van der Waals surface area contributed by atoms with Crippen LogP contribution in [0, 0.1) is 5.92 Å². The van der Waals surface area contributed by atoms with Gasteiger partial charge in [0.2, 0.25) is 0 Å². The molecule has 0 spiro atoms. The Labute approximate surface area is 262 Å². The Morgan fingerprint density at radius 3 is 2.59 bits per heavy atom. The summed E-state index contributed by atoms with van der Waals surface area (Å²) in [5.41, 5.74) is 2.00. The summed E-state index contributed by atoms with van der Waals surface area (Å²) in [7, 11) is 1.75. The first kappa shape index (κ1) is 31.5. The summed E-state index contributed by atoms with van der Waals surface area (Å²) in [4.78, 5) is 47.9. The van der Waals surface area contributed by atoms with Gasteiger partial charge in [0, 0.05) is 48.3 Å². The van der Waals surface area contributed by atoms with Crippen molar-refractivity contribution in [3.05, 3.63) is 65.2 Å². The zero-order valence-corrected chi connectivity index (χ0v) is 26.3. The molecule has 1 aromatic heterocycles. The fourth-order valence-electron chi connectivity index (χ4n) is 5.77. The van der Waals surface area contributed by atoms with Crippen LogP contribution in [0.2, 0.25) is 0 Å². The molecule has 234 valence electrons. The maximum Gasteiger partial charge on any atom is 0.317 e. The number of carbonyl (C=O) groups is 3. The molecule has 5 rings (SSSR count). The van der Waals surface area contributed by atoms with Crippen molar-refractivity contribution in [3.63, 3.8) is 0 Å². The Kier molecular flexibility index (Phi) is 10.2. The second-order valence-electron chi connectivity index (χ2n) is 11.8. The fourth-order valence-corrected chi connectivity index (χ4v) is 6.41. The van der Waals surface area contributed by atoms with E-state index >= 15 is 0 Å². The van der Waals surface area contributed by atoms with Crippen molar-refractivity contribution in [3.8, 4) is 16.3 Å². The summed E-state index contributed by atoms with van der Waals surface area (Å²) in [5.74, 6) is -0.582. The predicted molar refractivity (Wildman–Crippen MR) is 171 cm³/mol. The van der Waals surface area contributed by atoms with E-state index in [1.54, 1.807) is 60.3 Å². The Bertz CT molecular complexity index is 1440. The number of nitrogens with zero attached hydrogens (tertiary/aromatic N) is 3. The highest BCUT2D eigenvalue weighted by molar-refractivity contribution is 7.13. The molecule has 3 atom stereocenters. The van der Waals surface area contributed by atoms with Crippen molar-refractivity contribution >= 4 is 34.9 Å². The van der Waals surface area contributed by atoms with Crippen LogP contribution in [0.4, 0.5) is 10.5 Å². The summed E-state index contributed by atoms with van der Waals surface area (Å²) >= 11 is 1.52. The van der Waals surface area contributed by atoms with E-state index in [1.165, 1.54) is 17.8 Å². The first-order valence-corrected chi connectivity index (χ1v) is 16.2. The zero-order chi connectivity index (χ0) is 31.2. The van der Waals surface area contributed by atoms with E-state index in [0.29, 0.717) is 17.8 Å². The summed E-state index contributed by atoms with van der Waals surface area (Å²) in [6.07, 6.45) is 6.65. The van der Waals surface area contributed by atoms with Crippen LogP contribution in [-0.4, -0.2) is 82.7 Å². The van der Waals surface area contributed by atoms with Crippen molar-refractivity contribution in [1.29, 1.82) is 0 Å². The Balaban J connectivity index is 1.40. The number of carbonyl (C=O) groups excluding carboxylic acids is 3. The van der Waals surface area contributed by atoms with Gasteiger partial charge in [0.15, 0.2) is 5.75 Å². The fraction of sp³-hybridized carbons (Fsp3) is 0.455. The van der Waals surface area contributed by atoms with Crippen molar-refractivity contribution in [2.75, 3.05) is 32.1 Å². The van der Waals surface area contributed by atoms with Gasteiger partial charge in [-0.25, -0.2) is 9.78 Å². The number of hydrogen-bond acceptors (Lipinski definition) is 7. The highest BCUT2D eigenvalue weighted by Crippen LogP contribution is 2.35. The van der Waals surface area contributed by atoms with Crippen molar-refractivity contribution < 1.29 is 24.2 Å². The summed E-state index contributed by atoms with van der Waals surface area (Å²) in [6, 6.07) is 11.8. The molecule has 10 nitrogen and oxygen atoms in total. The van der Waals surface area contributed by atoms with E-state index < -0.39 is 12.1 Å². The molecule has 44 heavy (non-hydrogen) atoms. The number of fused-ring (bicyclic) bond motifs is 1. The molecule has 11 heteroatoms. The van der Waals surface area contributed by atoms with Gasteiger partial charge in [-0.2, -0.15) is 0 Å². The number of urea groups is 1. The third-order valence-electron chi connectivity index (χ3n) is 8.50. The number of ether oxygens (including phenoxy) is 1. The van der Waals surface area contributed by atoms with Crippen LogP contribution in [0.25, 0.3) is 10.6 Å². The standard InChI is InChI=1S/C33H41N5O5S/c1-21-18-38(22(2)20-39)32(41)26-10-7-11-27(36-30(40)23-12-14-24(15-13-23)31-34-16-17-44-31)29(26)43-28(21)19-37(3)33(42)35-25-8-5-4-6-9-25/h7,10-17,21-22,25,28,39H,4-6,8-9,18-20H2,1-3H3,(H,35,42)(H,36,40)/t21-,22-,28-/m1/s1. The second-order valence-corrected chi connectivity index (χ2v) is 12.7. The molecule has 1 fully saturated rings. The van der Waals surface area contributed by atoms with E-state index in [9.17, 15) is 19.5 Å². The smallest absolute Gasteiger partial charge is 0.317 e. The molecule has 3 N–H and O–H groups in total. The predicted octanol–water partition coefficient (Wildman–Crippen LogP) is 5.26. The number of hydrogen-bond donors (Lipinski definition) is 3. The SMILES string of the molecule is C[C@@H]1CN([C@H](C)CO)C(=O)c2cccc(NC(=O)c3ccc(-c4nccs4)cc3)c2O[C@@H]1CN(C)C(=O)NC1CCCCC1. The zero-order valence-electron chi connectivity index (χ0n) is 25.5. The van der Waals surface area contributed by atoms with Crippen LogP contribution in [0.5, 0.6) is 5.75 Å². The number of para-hydroxylation sites is 1. The number of aliphatic hydroxyl groups is 1. The third kappa shape index (κ3) is 7.22. The van der Waals surface area contributed by atoms with Crippen molar-refractivity contribution in [1.82, 2.24) is 20.1 Å². The third-order valence-corrected chi connectivity index (χ3v) is 9.32. The Hall–Kier alpha value is -3.96. The number of benzene rings is 2. The van der Waals surface area contributed by atoms with Gasteiger partial charge in [0.1, 0.15) is 11.1 Å². The molecule has 0 unspecified atom stereocenters. The lowest BCUT2D eigenvalue weighted by Crippen LogP contribution is -2.52. The molecule has 2 heterocycles. The Morgan fingerprint density at radius 1 is 1.16 bits per heavy atom. The van der Waals surface area contributed by atoms with Crippen molar-refractivity contribution in [2.24, 2.45) is 5.92 Å². The van der Waals surface area contributed by atoms with E-state index in [-0.39, 0.29) is 54.3 Å². The molecule has 0 bridgehead atoms. The van der Waals surface area contributed by atoms with Gasteiger partial charge in [-0.1, -0.05) is 44.4 Å². The Morgan fingerprint density at radius 2 is 1.91 bits per heavy atom. The van der Waals surface area contributed by atoms with Gasteiger partial charge in [-0.3, -0.25) is 9.59 Å². The van der Waals surface area contributed by atoms with E-state index in [1.807, 2.05) is 24.4 Å². The molecule has 4 amide bonds. The number of rotatable bonds is 8. The van der Waals surface area contributed by atoms with Crippen LogP contribution >= 0.6 is 11.3 Å². The lowest BCUT2D eigenvalue weighted by atomic mass is 9.96. The molecular weight excluding hydrogens is 578 g/mol. The van der Waals surface area contributed by atoms with Gasteiger partial charge < -0.3 is 30.3 Å². The minimum atomic E-state index is -0.493. The second kappa shape index (κ2) is 14.2. The monoisotopic (exact) mass is 619 g/mol. The summed E-state index contributed by atoms with van der Waals surface area (Å²) < 4.78 is 6.57. The van der Waals surface area contributed by atoms with Gasteiger partial charge in [0.25, 0.3) is 11.8 Å². The number of likely N-dealkylation sites (N-methyl/N-ethyl adjacent to an activating group) is 1. The number of aromatic nitrogens is 1. The average molecular weight is 620 g/mol. The highest BCUT2D eigenvalue weighted by atomic mass is 32.1. The van der Waals surface area contributed by atoms with Gasteiger partial charge in [-0.15, -0.1) is 11.3 Å². The molecule has 0 saturated heterocycles. The normalized spacial score (nSPS) is 19.6. The highest BCUT2D eigenvalue weighted by Gasteiger charge is 2.35. The van der Waals surface area contributed by atoms with Crippen LogP contribution in [0.1, 0.15) is 66.7 Å². The molecule has 1 aliphatic carbocycles. The van der Waals surface area contributed by atoms with E-state index in [4.69, 9.17) is 4.74 Å². The van der Waals surface area contributed by atoms with E-state index in [0.717, 1.165) is 36.3 Å². The average Bonchev–Trinajstić information content (AvgIpc) is 3.58. The minimum absolute atomic E-state index is 0.158. The molecule has 3 aromatic rings. The van der Waals surface area contributed by atoms with Gasteiger partial charge in [-0.05, 0) is 44.0 Å². The maximum atomic E-state index is 13.8. The summed E-state index contributed by atoms with van der Waals surface area (Å²) in [6.45, 7) is 4.18. The molecular formula is C33H41N5O5S. The number of aliphatic hydroxyl groups excluding tert-OH is 1. The van der Waals surface area contributed by atoms with Crippen LogP contribution in [0.3, 0.4) is 0 Å². The quantitative estimate of drug-likeness (QED) is 0.316. The molecule has 2 aromatic carbocycles. The number of thiazole rings is 1. The molecule has 0 radical (unpaired) electrons. The van der Waals surface area contributed by atoms with Crippen LogP contribution < -0.4 is 15.4 Å². The van der Waals surface area contributed by atoms with E-state index in [2.05, 4.69) is 15.6 Å². The summed E-state index contributed by atoms with van der Waals surface area (Å²) in [5, 5.41) is 18.8. The topological polar surface area (TPSA) is 124 Å². The van der Waals surface area contributed by atoms with Crippen LogP contribution in [0.15, 0.2) is 54.0 Å². The first-order chi connectivity index (χ1) is 21.2. The lowest BCUT2D eigenvalue weighted by molar-refractivity contribution is 0.0367. The maximum absolute atomic E-state index is 13.8. The number of anilines is 1. The number of amides is 4. The number of nitrogens with one attached hydrogen (secondary N) is 2.